The summed E-state index contributed by atoms with van der Waals surface area (Å²) in [4.78, 5) is 34.7. The standard InChI is InChI=1S/C22H20N4O5/c1-13-6-4-7-14(2)20(13)24-21(27)22(28)25-23-12-16-10-11-19(31-16)17-8-5-9-18(15(17)3)26(29)30/h4-12H,1-3H3,(H,24,27)(H,25,28). The van der Waals surface area contributed by atoms with E-state index in [9.17, 15) is 19.7 Å². The fourth-order valence-corrected chi connectivity index (χ4v) is 3.04. The number of anilines is 1. The third-order valence-electron chi connectivity index (χ3n) is 4.68. The fraction of sp³-hybridized carbons (Fsp3) is 0.136. The molecule has 9 nitrogen and oxygen atoms in total. The molecule has 2 aromatic carbocycles. The van der Waals surface area contributed by atoms with Gasteiger partial charge in [0, 0.05) is 22.9 Å². The number of nitrogens with zero attached hydrogens (tertiary/aromatic N) is 2. The van der Waals surface area contributed by atoms with Crippen molar-refractivity contribution in [1.82, 2.24) is 5.43 Å². The average molecular weight is 420 g/mol. The van der Waals surface area contributed by atoms with Gasteiger partial charge in [-0.15, -0.1) is 0 Å². The van der Waals surface area contributed by atoms with Crippen LogP contribution in [0, 0.1) is 30.9 Å². The van der Waals surface area contributed by atoms with Crippen LogP contribution in [-0.2, 0) is 9.59 Å². The minimum Gasteiger partial charge on any atom is -0.455 e. The second-order valence-electron chi connectivity index (χ2n) is 6.83. The summed E-state index contributed by atoms with van der Waals surface area (Å²) in [5.74, 6) is -1.06. The number of hydrazone groups is 1. The van der Waals surface area contributed by atoms with Gasteiger partial charge in [-0.2, -0.15) is 5.10 Å². The van der Waals surface area contributed by atoms with Gasteiger partial charge in [-0.3, -0.25) is 19.7 Å². The number of hydrogen-bond acceptors (Lipinski definition) is 6. The Hall–Kier alpha value is -4.27. The largest absolute Gasteiger partial charge is 0.455 e. The summed E-state index contributed by atoms with van der Waals surface area (Å²) in [5.41, 5.74) is 5.44. The molecule has 1 aromatic heterocycles. The number of furan rings is 1. The summed E-state index contributed by atoms with van der Waals surface area (Å²) >= 11 is 0. The van der Waals surface area contributed by atoms with Gasteiger partial charge in [0.25, 0.3) is 5.69 Å². The number of nitrogens with one attached hydrogen (secondary N) is 2. The van der Waals surface area contributed by atoms with E-state index in [1.807, 2.05) is 32.0 Å². The molecule has 1 heterocycles. The van der Waals surface area contributed by atoms with Gasteiger partial charge in [-0.25, -0.2) is 5.43 Å². The molecular weight excluding hydrogens is 400 g/mol. The first-order valence-corrected chi connectivity index (χ1v) is 9.32. The minimum absolute atomic E-state index is 0.00807. The summed E-state index contributed by atoms with van der Waals surface area (Å²) in [6.45, 7) is 5.30. The smallest absolute Gasteiger partial charge is 0.329 e. The predicted molar refractivity (Wildman–Crippen MR) is 116 cm³/mol. The van der Waals surface area contributed by atoms with E-state index in [4.69, 9.17) is 4.42 Å². The van der Waals surface area contributed by atoms with Crippen LogP contribution in [0.3, 0.4) is 0 Å². The number of carbonyl (C=O) groups excluding carboxylic acids is 2. The molecule has 0 aliphatic rings. The Morgan fingerprint density at radius 3 is 2.35 bits per heavy atom. The number of hydrogen-bond donors (Lipinski definition) is 2. The molecule has 2 N–H and O–H groups in total. The molecule has 0 aliphatic carbocycles. The second-order valence-corrected chi connectivity index (χ2v) is 6.83. The van der Waals surface area contributed by atoms with Crippen LogP contribution in [0.1, 0.15) is 22.5 Å². The molecule has 31 heavy (non-hydrogen) atoms. The van der Waals surface area contributed by atoms with Gasteiger partial charge in [0.15, 0.2) is 0 Å². The molecule has 158 valence electrons. The second kappa shape index (κ2) is 9.04. The Kier molecular flexibility index (Phi) is 6.25. The van der Waals surface area contributed by atoms with Crippen LogP contribution in [0.15, 0.2) is 58.0 Å². The molecule has 0 saturated heterocycles. The van der Waals surface area contributed by atoms with Crippen molar-refractivity contribution in [2.75, 3.05) is 5.32 Å². The van der Waals surface area contributed by atoms with Crippen LogP contribution in [-0.4, -0.2) is 23.0 Å². The highest BCUT2D eigenvalue weighted by molar-refractivity contribution is 6.39. The molecule has 3 rings (SSSR count). The molecule has 0 unspecified atom stereocenters. The van der Waals surface area contributed by atoms with Gasteiger partial charge in [-0.1, -0.05) is 30.3 Å². The molecule has 3 aromatic rings. The Labute approximate surface area is 177 Å². The number of benzene rings is 2. The van der Waals surface area contributed by atoms with Crippen molar-refractivity contribution in [1.29, 1.82) is 0 Å². The van der Waals surface area contributed by atoms with Crippen molar-refractivity contribution < 1.29 is 18.9 Å². The van der Waals surface area contributed by atoms with Crippen LogP contribution in [0.4, 0.5) is 11.4 Å². The Balaban J connectivity index is 1.65. The maximum atomic E-state index is 12.1. The van der Waals surface area contributed by atoms with Crippen LogP contribution in [0.2, 0.25) is 0 Å². The molecular formula is C22H20N4O5. The van der Waals surface area contributed by atoms with Crippen molar-refractivity contribution >= 4 is 29.4 Å². The molecule has 9 heteroatoms. The normalized spacial score (nSPS) is 10.8. The van der Waals surface area contributed by atoms with Gasteiger partial charge in [0.2, 0.25) is 0 Å². The SMILES string of the molecule is Cc1cccc(C)c1NC(=O)C(=O)NN=Cc1ccc(-c2cccc([N+](=O)[O-])c2C)o1. The van der Waals surface area contributed by atoms with E-state index < -0.39 is 16.7 Å². The van der Waals surface area contributed by atoms with E-state index in [0.29, 0.717) is 28.3 Å². The van der Waals surface area contributed by atoms with E-state index in [1.54, 1.807) is 31.2 Å². The maximum Gasteiger partial charge on any atom is 0.329 e. The van der Waals surface area contributed by atoms with E-state index in [-0.39, 0.29) is 5.69 Å². The molecule has 0 bridgehead atoms. The highest BCUT2D eigenvalue weighted by atomic mass is 16.6. The summed E-state index contributed by atoms with van der Waals surface area (Å²) in [6, 6.07) is 13.5. The molecule has 0 radical (unpaired) electrons. The van der Waals surface area contributed by atoms with Crippen molar-refractivity contribution in [3.05, 3.63) is 81.1 Å². The third kappa shape index (κ3) is 4.84. The van der Waals surface area contributed by atoms with Gasteiger partial charge in [0.05, 0.1) is 11.1 Å². The average Bonchev–Trinajstić information content (AvgIpc) is 3.19. The summed E-state index contributed by atoms with van der Waals surface area (Å²) in [5, 5.41) is 17.4. The van der Waals surface area contributed by atoms with Gasteiger partial charge >= 0.3 is 11.8 Å². The summed E-state index contributed by atoms with van der Waals surface area (Å²) in [6.07, 6.45) is 1.24. The van der Waals surface area contributed by atoms with Crippen molar-refractivity contribution in [2.45, 2.75) is 20.8 Å². The minimum atomic E-state index is -0.930. The lowest BCUT2D eigenvalue weighted by Gasteiger charge is -2.10. The number of nitro benzene ring substituents is 1. The number of carbonyl (C=O) groups is 2. The van der Waals surface area contributed by atoms with Crippen LogP contribution < -0.4 is 10.7 Å². The van der Waals surface area contributed by atoms with E-state index >= 15 is 0 Å². The van der Waals surface area contributed by atoms with Crippen molar-refractivity contribution in [3.8, 4) is 11.3 Å². The highest BCUT2D eigenvalue weighted by Crippen LogP contribution is 2.30. The number of amides is 2. The third-order valence-corrected chi connectivity index (χ3v) is 4.68. The number of aryl methyl sites for hydroxylation is 2. The lowest BCUT2D eigenvalue weighted by molar-refractivity contribution is -0.385. The molecule has 0 spiro atoms. The van der Waals surface area contributed by atoms with Crippen LogP contribution in [0.25, 0.3) is 11.3 Å². The number of rotatable bonds is 5. The van der Waals surface area contributed by atoms with E-state index in [1.165, 1.54) is 12.3 Å². The first kappa shape index (κ1) is 21.4. The highest BCUT2D eigenvalue weighted by Gasteiger charge is 2.17. The number of nitro groups is 1. The van der Waals surface area contributed by atoms with Gasteiger partial charge < -0.3 is 9.73 Å². The predicted octanol–water partition coefficient (Wildman–Crippen LogP) is 3.87. The van der Waals surface area contributed by atoms with E-state index in [2.05, 4.69) is 15.8 Å². The first-order valence-electron chi connectivity index (χ1n) is 9.32. The first-order chi connectivity index (χ1) is 14.8. The topological polar surface area (TPSA) is 127 Å². The van der Waals surface area contributed by atoms with Gasteiger partial charge in [0.1, 0.15) is 11.5 Å². The fourth-order valence-electron chi connectivity index (χ4n) is 3.04. The Morgan fingerprint density at radius 1 is 1.00 bits per heavy atom. The zero-order valence-electron chi connectivity index (χ0n) is 17.1. The molecule has 2 amide bonds. The number of para-hydroxylation sites is 1. The zero-order valence-corrected chi connectivity index (χ0v) is 17.1. The Bertz CT molecular complexity index is 1180. The Morgan fingerprint density at radius 2 is 1.68 bits per heavy atom. The van der Waals surface area contributed by atoms with Gasteiger partial charge in [-0.05, 0) is 44.0 Å². The molecule has 0 saturated carbocycles. The monoisotopic (exact) mass is 420 g/mol. The summed E-state index contributed by atoms with van der Waals surface area (Å²) < 4.78 is 5.63. The van der Waals surface area contributed by atoms with E-state index in [0.717, 1.165) is 11.1 Å². The van der Waals surface area contributed by atoms with Crippen LogP contribution >= 0.6 is 0 Å². The molecule has 0 aliphatic heterocycles. The van der Waals surface area contributed by atoms with Crippen LogP contribution in [0.5, 0.6) is 0 Å². The zero-order chi connectivity index (χ0) is 22.5. The van der Waals surface area contributed by atoms with Crippen molar-refractivity contribution in [2.24, 2.45) is 5.10 Å². The summed E-state index contributed by atoms with van der Waals surface area (Å²) in [7, 11) is 0. The molecule has 0 fully saturated rings. The quantitative estimate of drug-likeness (QED) is 0.280. The maximum absolute atomic E-state index is 12.1. The van der Waals surface area contributed by atoms with Crippen molar-refractivity contribution in [3.63, 3.8) is 0 Å². The molecule has 0 atom stereocenters. The lowest BCUT2D eigenvalue weighted by atomic mass is 10.1. The lowest BCUT2D eigenvalue weighted by Crippen LogP contribution is -2.32.